The molecule has 0 spiro atoms. The van der Waals surface area contributed by atoms with E-state index in [2.05, 4.69) is 4.74 Å². The summed E-state index contributed by atoms with van der Waals surface area (Å²) in [6.45, 7) is 1.74. The molecule has 0 aliphatic carbocycles. The van der Waals surface area contributed by atoms with Gasteiger partial charge in [0.05, 0.1) is 20.3 Å². The summed E-state index contributed by atoms with van der Waals surface area (Å²) in [4.78, 5) is 0. The van der Waals surface area contributed by atoms with Crippen molar-refractivity contribution in [3.05, 3.63) is 70.3 Å². The first kappa shape index (κ1) is 22.2. The van der Waals surface area contributed by atoms with Gasteiger partial charge in [0.1, 0.15) is 11.6 Å². The summed E-state index contributed by atoms with van der Waals surface area (Å²) < 4.78 is 85.6. The first-order valence-electron chi connectivity index (χ1n) is 9.45. The number of halogens is 5. The molecule has 0 radical (unpaired) electrons. The van der Waals surface area contributed by atoms with E-state index in [1.54, 1.807) is 6.92 Å². The Hall–Kier alpha value is -2.45. The number of allylic oxidation sites excluding steroid dienone is 1. The number of benzene rings is 2. The smallest absolute Gasteiger partial charge is 0.190 e. The highest BCUT2D eigenvalue weighted by Gasteiger charge is 2.28. The predicted molar refractivity (Wildman–Crippen MR) is 101 cm³/mol. The fraction of sp³-hybridized carbons (Fsp3) is 0.364. The Kier molecular flexibility index (Phi) is 7.10. The first-order valence-corrected chi connectivity index (χ1v) is 9.45. The lowest BCUT2D eigenvalue weighted by Crippen LogP contribution is -2.26. The predicted octanol–water partition coefficient (Wildman–Crippen LogP) is 6.35. The molecule has 3 rings (SSSR count). The molecule has 162 valence electrons. The van der Waals surface area contributed by atoms with Gasteiger partial charge in [-0.25, -0.2) is 22.0 Å². The van der Waals surface area contributed by atoms with E-state index in [1.807, 2.05) is 0 Å². The van der Waals surface area contributed by atoms with Gasteiger partial charge in [-0.05, 0) is 30.2 Å². The lowest BCUT2D eigenvalue weighted by molar-refractivity contribution is -0.192. The van der Waals surface area contributed by atoms with Crippen LogP contribution in [-0.4, -0.2) is 20.3 Å². The highest BCUT2D eigenvalue weighted by molar-refractivity contribution is 5.61. The zero-order chi connectivity index (χ0) is 21.8. The molecule has 0 amide bonds. The molecule has 0 unspecified atom stereocenters. The molecule has 2 aromatic carbocycles. The molecular weight excluding hydrogens is 407 g/mol. The minimum absolute atomic E-state index is 0.0126. The Balaban J connectivity index is 1.72. The van der Waals surface area contributed by atoms with Gasteiger partial charge in [-0.1, -0.05) is 19.1 Å². The summed E-state index contributed by atoms with van der Waals surface area (Å²) in [5, 5.41) is 0. The van der Waals surface area contributed by atoms with Crippen LogP contribution in [0.3, 0.4) is 0 Å². The van der Waals surface area contributed by atoms with Crippen LogP contribution in [0.1, 0.15) is 48.7 Å². The maximum Gasteiger partial charge on any atom is 0.190 e. The Morgan fingerprint density at radius 2 is 1.63 bits per heavy atom. The third-order valence-corrected chi connectivity index (χ3v) is 4.80. The van der Waals surface area contributed by atoms with E-state index in [0.717, 1.165) is 25.3 Å². The zero-order valence-electron chi connectivity index (χ0n) is 16.5. The van der Waals surface area contributed by atoms with Gasteiger partial charge in [0, 0.05) is 23.5 Å². The van der Waals surface area contributed by atoms with Crippen molar-refractivity contribution in [2.75, 3.05) is 20.3 Å². The average molecular weight is 428 g/mol. The SMILES string of the molecule is CCC/C(F)=C(\F)c1ccc(C2COC(c3cc(F)c(OC)c(F)c3)OC2)c(F)c1. The maximum atomic E-state index is 14.5. The van der Waals surface area contributed by atoms with Crippen LogP contribution in [0, 0.1) is 17.5 Å². The van der Waals surface area contributed by atoms with Crippen LogP contribution in [0.15, 0.2) is 36.2 Å². The normalized spacial score (nSPS) is 20.1. The maximum absolute atomic E-state index is 14.5. The van der Waals surface area contributed by atoms with Crippen molar-refractivity contribution in [2.24, 2.45) is 0 Å². The topological polar surface area (TPSA) is 27.7 Å². The average Bonchev–Trinajstić information content (AvgIpc) is 2.73. The number of hydrogen-bond donors (Lipinski definition) is 0. The van der Waals surface area contributed by atoms with Crippen LogP contribution in [0.2, 0.25) is 0 Å². The van der Waals surface area contributed by atoms with Crippen LogP contribution in [-0.2, 0) is 9.47 Å². The molecule has 30 heavy (non-hydrogen) atoms. The second-order valence-corrected chi connectivity index (χ2v) is 6.92. The summed E-state index contributed by atoms with van der Waals surface area (Å²) in [6.07, 6.45) is -0.658. The van der Waals surface area contributed by atoms with Crippen molar-refractivity contribution in [3.8, 4) is 5.75 Å². The molecule has 0 N–H and O–H groups in total. The molecule has 0 aromatic heterocycles. The van der Waals surface area contributed by atoms with Crippen molar-refractivity contribution in [2.45, 2.75) is 32.0 Å². The Bertz CT molecular complexity index is 913. The van der Waals surface area contributed by atoms with Crippen LogP contribution in [0.5, 0.6) is 5.75 Å². The van der Waals surface area contributed by atoms with Gasteiger partial charge in [0.25, 0.3) is 0 Å². The Morgan fingerprint density at radius 1 is 1.00 bits per heavy atom. The van der Waals surface area contributed by atoms with Crippen molar-refractivity contribution < 1.29 is 36.2 Å². The summed E-state index contributed by atoms with van der Waals surface area (Å²) in [7, 11) is 1.15. The van der Waals surface area contributed by atoms with E-state index in [0.29, 0.717) is 6.42 Å². The van der Waals surface area contributed by atoms with Crippen molar-refractivity contribution in [3.63, 3.8) is 0 Å². The summed E-state index contributed by atoms with van der Waals surface area (Å²) >= 11 is 0. The molecule has 1 saturated heterocycles. The van der Waals surface area contributed by atoms with E-state index in [-0.39, 0.29) is 36.3 Å². The third-order valence-electron chi connectivity index (χ3n) is 4.80. The first-order chi connectivity index (χ1) is 14.3. The summed E-state index contributed by atoms with van der Waals surface area (Å²) in [5.41, 5.74) is 0.161. The highest BCUT2D eigenvalue weighted by Crippen LogP contribution is 2.34. The van der Waals surface area contributed by atoms with Crippen LogP contribution < -0.4 is 4.74 Å². The van der Waals surface area contributed by atoms with E-state index in [4.69, 9.17) is 9.47 Å². The molecule has 1 aliphatic rings. The lowest BCUT2D eigenvalue weighted by Gasteiger charge is -2.30. The molecule has 0 saturated carbocycles. The minimum Gasteiger partial charge on any atom is -0.491 e. The molecule has 8 heteroatoms. The number of ether oxygens (including phenoxy) is 3. The van der Waals surface area contributed by atoms with Crippen LogP contribution >= 0.6 is 0 Å². The molecule has 1 aliphatic heterocycles. The third kappa shape index (κ3) is 4.65. The van der Waals surface area contributed by atoms with E-state index in [9.17, 15) is 22.0 Å². The fourth-order valence-electron chi connectivity index (χ4n) is 3.27. The zero-order valence-corrected chi connectivity index (χ0v) is 16.5. The Morgan fingerprint density at radius 3 is 2.17 bits per heavy atom. The van der Waals surface area contributed by atoms with E-state index < -0.39 is 47.1 Å². The second-order valence-electron chi connectivity index (χ2n) is 6.92. The minimum atomic E-state index is -1.08. The molecule has 3 nitrogen and oxygen atoms in total. The molecule has 0 atom stereocenters. The largest absolute Gasteiger partial charge is 0.491 e. The van der Waals surface area contributed by atoms with Gasteiger partial charge in [0.15, 0.2) is 29.5 Å². The van der Waals surface area contributed by atoms with E-state index in [1.165, 1.54) is 12.1 Å². The molecule has 1 fully saturated rings. The second kappa shape index (κ2) is 9.57. The number of hydrogen-bond acceptors (Lipinski definition) is 3. The number of rotatable bonds is 6. The van der Waals surface area contributed by atoms with Gasteiger partial charge < -0.3 is 14.2 Å². The van der Waals surface area contributed by atoms with Gasteiger partial charge >= 0.3 is 0 Å². The summed E-state index contributed by atoms with van der Waals surface area (Å²) in [5.74, 6) is -5.54. The monoisotopic (exact) mass is 428 g/mol. The van der Waals surface area contributed by atoms with Crippen molar-refractivity contribution in [1.29, 1.82) is 0 Å². The van der Waals surface area contributed by atoms with Gasteiger partial charge in [-0.2, -0.15) is 0 Å². The van der Waals surface area contributed by atoms with Gasteiger partial charge in [-0.15, -0.1) is 0 Å². The quantitative estimate of drug-likeness (QED) is 0.502. The molecule has 0 bridgehead atoms. The van der Waals surface area contributed by atoms with Crippen LogP contribution in [0.25, 0.3) is 5.83 Å². The highest BCUT2D eigenvalue weighted by atomic mass is 19.2. The summed E-state index contributed by atoms with van der Waals surface area (Å²) in [6, 6.07) is 5.67. The van der Waals surface area contributed by atoms with Gasteiger partial charge in [0.2, 0.25) is 0 Å². The fourth-order valence-corrected chi connectivity index (χ4v) is 3.27. The van der Waals surface area contributed by atoms with Crippen LogP contribution in [0.4, 0.5) is 22.0 Å². The van der Waals surface area contributed by atoms with E-state index >= 15 is 0 Å². The molecular formula is C22H21F5O3. The molecule has 1 heterocycles. The van der Waals surface area contributed by atoms with Crippen molar-refractivity contribution >= 4 is 5.83 Å². The van der Waals surface area contributed by atoms with Crippen molar-refractivity contribution in [1.82, 2.24) is 0 Å². The Labute approximate surface area is 171 Å². The standard InChI is InChI=1S/C22H21F5O3/c1-3-4-16(23)20(27)12-5-6-15(17(24)7-12)14-10-29-22(30-11-14)13-8-18(25)21(28-2)19(26)9-13/h5-9,14,22H,3-4,10-11H2,1-2H3/b20-16+. The lowest BCUT2D eigenvalue weighted by atomic mass is 9.97. The number of methoxy groups -OCH3 is 1. The molecule has 2 aromatic rings. The van der Waals surface area contributed by atoms with Gasteiger partial charge in [-0.3, -0.25) is 0 Å².